The van der Waals surface area contributed by atoms with Gasteiger partial charge in [0, 0.05) is 31.6 Å². The number of carboxylic acids is 1. The Morgan fingerprint density at radius 1 is 1.00 bits per heavy atom. The average molecular weight is 643 g/mol. The maximum absolute atomic E-state index is 14.6. The van der Waals surface area contributed by atoms with Crippen molar-refractivity contribution in [3.05, 3.63) is 29.3 Å². The van der Waals surface area contributed by atoms with Crippen molar-refractivity contribution in [2.24, 2.45) is 0 Å². The van der Waals surface area contributed by atoms with E-state index < -0.39 is 39.8 Å². The maximum Gasteiger partial charge on any atom is 0.396 e. The van der Waals surface area contributed by atoms with Crippen LogP contribution in [0.1, 0.15) is 49.7 Å². The molecule has 1 aromatic carbocycles. The number of carbonyl (C=O) groups excluding carboxylic acids is 1. The van der Waals surface area contributed by atoms with Gasteiger partial charge in [0.25, 0.3) is 20.2 Å². The summed E-state index contributed by atoms with van der Waals surface area (Å²) >= 11 is 0. The van der Waals surface area contributed by atoms with Crippen molar-refractivity contribution in [1.29, 1.82) is 0 Å². The monoisotopic (exact) mass is 642 g/mol. The van der Waals surface area contributed by atoms with Crippen LogP contribution in [-0.2, 0) is 60.5 Å². The number of esters is 1. The molecule has 1 unspecified atom stereocenters. The van der Waals surface area contributed by atoms with E-state index in [0.29, 0.717) is 49.8 Å². The summed E-state index contributed by atoms with van der Waals surface area (Å²) in [6.07, 6.45) is 4.36. The number of methoxy groups -OCH3 is 1. The number of aliphatic carboxylic acids is 1. The number of hydrogen-bond acceptors (Lipinski definition) is 11. The van der Waals surface area contributed by atoms with Crippen LogP contribution < -0.4 is 4.52 Å². The highest BCUT2D eigenvalue weighted by Gasteiger charge is 2.44. The van der Waals surface area contributed by atoms with Crippen molar-refractivity contribution in [2.75, 3.05) is 52.5 Å². The number of hydrogen-bond donors (Lipinski definition) is 1. The number of carbonyl (C=O) groups is 2. The van der Waals surface area contributed by atoms with E-state index in [2.05, 4.69) is 0 Å². The fourth-order valence-corrected chi connectivity index (χ4v) is 7.37. The number of benzene rings is 1. The molecule has 0 spiro atoms. The predicted octanol–water partition coefficient (Wildman–Crippen LogP) is 2.38. The molecule has 1 N–H and O–H groups in total. The second-order valence-electron chi connectivity index (χ2n) is 9.59. The maximum atomic E-state index is 14.6. The van der Waals surface area contributed by atoms with Crippen LogP contribution in [0.3, 0.4) is 0 Å². The minimum atomic E-state index is -3.87. The molecule has 0 amide bonds. The van der Waals surface area contributed by atoms with E-state index in [-0.39, 0.29) is 45.8 Å². The first-order valence-electron chi connectivity index (χ1n) is 13.0. The molecule has 1 atom stereocenters. The van der Waals surface area contributed by atoms with Crippen LogP contribution in [0, 0.1) is 0 Å². The van der Waals surface area contributed by atoms with Gasteiger partial charge in [-0.15, -0.1) is 0 Å². The zero-order valence-corrected chi connectivity index (χ0v) is 26.0. The van der Waals surface area contributed by atoms with Crippen LogP contribution in [0.5, 0.6) is 5.75 Å². The molecular weight excluding hydrogens is 603 g/mol. The summed E-state index contributed by atoms with van der Waals surface area (Å²) in [4.78, 5) is 23.2. The molecule has 0 fully saturated rings. The minimum Gasteiger partial charge on any atom is -0.481 e. The van der Waals surface area contributed by atoms with Crippen molar-refractivity contribution in [3.8, 4) is 5.75 Å². The molecule has 1 heterocycles. The summed E-state index contributed by atoms with van der Waals surface area (Å²) in [6, 6.07) is 5.28. The van der Waals surface area contributed by atoms with Crippen LogP contribution in [0.2, 0.25) is 0 Å². The molecule has 0 aliphatic carbocycles. The highest BCUT2D eigenvalue weighted by atomic mass is 32.2. The van der Waals surface area contributed by atoms with Crippen molar-refractivity contribution in [1.82, 2.24) is 9.34 Å². The highest BCUT2D eigenvalue weighted by Crippen LogP contribution is 2.58. The van der Waals surface area contributed by atoms with Crippen molar-refractivity contribution in [3.63, 3.8) is 0 Å². The van der Waals surface area contributed by atoms with Gasteiger partial charge in [-0.2, -0.15) is 21.5 Å². The molecule has 2 rings (SSSR count). The lowest BCUT2D eigenvalue weighted by Gasteiger charge is -2.41. The molecule has 41 heavy (non-hydrogen) atoms. The fourth-order valence-electron chi connectivity index (χ4n) is 4.09. The zero-order chi connectivity index (χ0) is 30.7. The lowest BCUT2D eigenvalue weighted by atomic mass is 10.0. The van der Waals surface area contributed by atoms with Gasteiger partial charge in [0.2, 0.25) is 0 Å². The molecule has 0 saturated heterocycles. The standard InChI is InChI=1S/C24H39N2O12PS2/c1-35-24(29)19-26-18-21-17-20(9-8-10-23(27)28)11-12-22(21)38-39(26,30)25(13-4-6-15-36-40(2,31)32)14-5-7-16-37-41(3,33)34/h11-12,17H,4-10,13-16,18-19H2,1-3H3,(H,27,28). The molecular formula is C24H39N2O12PS2. The van der Waals surface area contributed by atoms with E-state index in [0.717, 1.165) is 18.1 Å². The second-order valence-corrected chi connectivity index (χ2v) is 15.2. The predicted molar refractivity (Wildman–Crippen MR) is 149 cm³/mol. The zero-order valence-electron chi connectivity index (χ0n) is 23.5. The van der Waals surface area contributed by atoms with Gasteiger partial charge in [-0.1, -0.05) is 12.1 Å². The summed E-state index contributed by atoms with van der Waals surface area (Å²) < 4.78 is 83.2. The number of ether oxygens (including phenoxy) is 1. The Labute approximate surface area is 241 Å². The summed E-state index contributed by atoms with van der Waals surface area (Å²) in [5, 5.41) is 8.92. The fraction of sp³-hybridized carbons (Fsp3) is 0.667. The van der Waals surface area contributed by atoms with E-state index in [1.807, 2.05) is 6.07 Å². The Balaban J connectivity index is 2.27. The van der Waals surface area contributed by atoms with Crippen LogP contribution in [0.15, 0.2) is 18.2 Å². The molecule has 0 bridgehead atoms. The SMILES string of the molecule is COC(=O)CN1Cc2cc(CCCC(=O)O)ccc2OP1(=O)N(CCCCOS(C)(=O)=O)CCCCOS(C)(=O)=O. The topological polar surface area (TPSA) is 183 Å². The van der Waals surface area contributed by atoms with Gasteiger partial charge in [-0.3, -0.25) is 18.0 Å². The van der Waals surface area contributed by atoms with Crippen LogP contribution >= 0.6 is 7.67 Å². The minimum absolute atomic E-state index is 0.0245. The quantitative estimate of drug-likeness (QED) is 0.100. The number of carboxylic acid groups (broad SMARTS) is 1. The summed E-state index contributed by atoms with van der Waals surface area (Å²) in [7, 11) is -9.87. The lowest BCUT2D eigenvalue weighted by molar-refractivity contribution is -0.141. The largest absolute Gasteiger partial charge is 0.481 e. The smallest absolute Gasteiger partial charge is 0.396 e. The molecule has 0 radical (unpaired) electrons. The first-order chi connectivity index (χ1) is 19.1. The Morgan fingerprint density at radius 3 is 2.10 bits per heavy atom. The van der Waals surface area contributed by atoms with E-state index in [9.17, 15) is 31.0 Å². The Bertz CT molecular complexity index is 1260. The van der Waals surface area contributed by atoms with Crippen LogP contribution in [-0.4, -0.2) is 95.7 Å². The number of rotatable bonds is 19. The third kappa shape index (κ3) is 12.8. The molecule has 0 aromatic heterocycles. The molecule has 1 aliphatic rings. The van der Waals surface area contributed by atoms with Crippen LogP contribution in [0.4, 0.5) is 0 Å². The van der Waals surface area contributed by atoms with E-state index in [1.54, 1.807) is 16.8 Å². The Hall–Kier alpha value is -2.07. The van der Waals surface area contributed by atoms with Crippen molar-refractivity contribution < 1.29 is 53.7 Å². The molecule has 14 nitrogen and oxygen atoms in total. The van der Waals surface area contributed by atoms with Gasteiger partial charge in [0.1, 0.15) is 12.3 Å². The number of nitrogens with zero attached hydrogens (tertiary/aromatic N) is 2. The lowest BCUT2D eigenvalue weighted by Crippen LogP contribution is -2.40. The summed E-state index contributed by atoms with van der Waals surface area (Å²) in [6.45, 7) is 0.0642. The third-order valence-corrected chi connectivity index (χ3v) is 9.76. The normalized spacial score (nSPS) is 17.7. The van der Waals surface area contributed by atoms with Gasteiger partial charge in [0.15, 0.2) is 0 Å². The van der Waals surface area contributed by atoms with Gasteiger partial charge >= 0.3 is 19.6 Å². The third-order valence-electron chi connectivity index (χ3n) is 6.02. The molecule has 17 heteroatoms. The van der Waals surface area contributed by atoms with E-state index in [1.165, 1.54) is 11.8 Å². The average Bonchev–Trinajstić information content (AvgIpc) is 2.86. The summed E-state index contributed by atoms with van der Waals surface area (Å²) in [5.74, 6) is -1.15. The van der Waals surface area contributed by atoms with Gasteiger partial charge < -0.3 is 14.4 Å². The van der Waals surface area contributed by atoms with E-state index >= 15 is 0 Å². The first-order valence-corrected chi connectivity index (χ1v) is 18.2. The number of unbranched alkanes of at least 4 members (excludes halogenated alkanes) is 2. The summed E-state index contributed by atoms with van der Waals surface area (Å²) in [5.41, 5.74) is 1.55. The molecule has 1 aromatic rings. The molecule has 1 aliphatic heterocycles. The van der Waals surface area contributed by atoms with Gasteiger partial charge in [0.05, 0.1) is 32.8 Å². The Morgan fingerprint density at radius 2 is 1.59 bits per heavy atom. The van der Waals surface area contributed by atoms with Gasteiger partial charge in [-0.25, -0.2) is 9.24 Å². The first kappa shape index (κ1) is 35.1. The highest BCUT2D eigenvalue weighted by molar-refractivity contribution is 7.86. The van der Waals surface area contributed by atoms with Crippen molar-refractivity contribution >= 4 is 39.8 Å². The number of fused-ring (bicyclic) bond motifs is 1. The second kappa shape index (κ2) is 16.0. The number of aryl methyl sites for hydroxylation is 1. The van der Waals surface area contributed by atoms with Gasteiger partial charge in [-0.05, 0) is 50.2 Å². The van der Waals surface area contributed by atoms with Crippen LogP contribution in [0.25, 0.3) is 0 Å². The van der Waals surface area contributed by atoms with E-state index in [4.69, 9.17) is 22.7 Å². The van der Waals surface area contributed by atoms with Crippen molar-refractivity contribution in [2.45, 2.75) is 51.5 Å². The Kier molecular flexibility index (Phi) is 13.7. The molecule has 234 valence electrons. The molecule has 0 saturated carbocycles.